The number of hydrogen-bond acceptors (Lipinski definition) is 3. The molecule has 9 heavy (non-hydrogen) atoms. The molecule has 0 bridgehead atoms. The van der Waals surface area contributed by atoms with Crippen LogP contribution < -0.4 is 0 Å². The lowest BCUT2D eigenvalue weighted by atomic mass is 11.3. The molecule has 0 rings (SSSR count). The van der Waals surface area contributed by atoms with Crippen LogP contribution in [0.3, 0.4) is 0 Å². The lowest BCUT2D eigenvalue weighted by Crippen LogP contribution is -1.85. The highest BCUT2D eigenvalue weighted by Crippen LogP contribution is 1.92. The van der Waals surface area contributed by atoms with E-state index in [1.807, 2.05) is 0 Å². The molecule has 0 aliphatic carbocycles. The van der Waals surface area contributed by atoms with Crippen molar-refractivity contribution in [2.75, 3.05) is 0 Å². The number of rotatable bonds is 2. The molecular weight excluding hydrogens is 166 g/mol. The van der Waals surface area contributed by atoms with E-state index in [4.69, 9.17) is 11.6 Å². The van der Waals surface area contributed by atoms with Gasteiger partial charge in [0.25, 0.3) is 16.1 Å². The van der Waals surface area contributed by atoms with Gasteiger partial charge in [0.15, 0.2) is 0 Å². The van der Waals surface area contributed by atoms with E-state index in [2.05, 4.69) is 4.40 Å². The summed E-state index contributed by atoms with van der Waals surface area (Å²) < 4.78 is 22.9. The maximum absolute atomic E-state index is 10.2. The quantitative estimate of drug-likeness (QED) is 0.441. The van der Waals surface area contributed by atoms with Gasteiger partial charge in [-0.3, -0.25) is 0 Å². The number of hydrogen-bond donors (Lipinski definition) is 0. The normalized spacial score (nSPS) is 11.2. The van der Waals surface area contributed by atoms with Gasteiger partial charge >= 0.3 is 0 Å². The number of nitrogens with zero attached hydrogens (tertiary/aromatic N) is 1. The average Bonchev–Trinajstić information content (AvgIpc) is 1.64. The van der Waals surface area contributed by atoms with Gasteiger partial charge in [0.2, 0.25) is 0 Å². The van der Waals surface area contributed by atoms with Crippen LogP contribution in [0.15, 0.2) is 15.3 Å². The van der Waals surface area contributed by atoms with Gasteiger partial charge in [-0.2, -0.15) is 8.42 Å². The molecule has 6 heteroatoms. The highest BCUT2D eigenvalue weighted by Gasteiger charge is 1.97. The second-order valence-electron chi connectivity index (χ2n) is 0.960. The van der Waals surface area contributed by atoms with Crippen molar-refractivity contribution in [2.24, 2.45) is 4.40 Å². The third-order valence-corrected chi connectivity index (χ3v) is 1.47. The summed E-state index contributed by atoms with van der Waals surface area (Å²) in [4.78, 5) is 9.35. The van der Waals surface area contributed by atoms with E-state index in [0.29, 0.717) is 5.41 Å². The van der Waals surface area contributed by atoms with E-state index in [1.54, 1.807) is 0 Å². The molecular formula is C3H2ClNO3S. The van der Waals surface area contributed by atoms with Crippen LogP contribution in [0.2, 0.25) is 0 Å². The fourth-order valence-corrected chi connectivity index (χ4v) is 0.832. The van der Waals surface area contributed by atoms with Crippen molar-refractivity contribution < 1.29 is 13.2 Å². The summed E-state index contributed by atoms with van der Waals surface area (Å²) in [6.07, 6.45) is 0.870. The summed E-state index contributed by atoms with van der Waals surface area (Å²) in [5.41, 5.74) is 0.746. The first-order valence-electron chi connectivity index (χ1n) is 1.73. The Kier molecular flexibility index (Phi) is 3.16. The predicted molar refractivity (Wildman–Crippen MR) is 32.0 cm³/mol. The molecule has 0 aromatic heterocycles. The summed E-state index contributed by atoms with van der Waals surface area (Å²) in [7, 11) is -3.79. The van der Waals surface area contributed by atoms with E-state index in [9.17, 15) is 13.2 Å². The van der Waals surface area contributed by atoms with Crippen LogP contribution in [0.1, 0.15) is 0 Å². The molecule has 0 aliphatic rings. The van der Waals surface area contributed by atoms with Crippen LogP contribution >= 0.6 is 11.6 Å². The molecule has 0 saturated heterocycles. The number of halogens is 1. The molecule has 0 atom stereocenters. The Morgan fingerprint density at radius 3 is 2.44 bits per heavy atom. The molecule has 0 spiro atoms. The van der Waals surface area contributed by atoms with Crippen LogP contribution in [0.5, 0.6) is 0 Å². The molecule has 0 unspecified atom stereocenters. The first kappa shape index (κ1) is 8.36. The molecule has 0 fully saturated rings. The van der Waals surface area contributed by atoms with Crippen molar-refractivity contribution in [3.8, 4) is 0 Å². The lowest BCUT2D eigenvalue weighted by Gasteiger charge is -1.77. The Labute approximate surface area is 56.9 Å². The molecule has 0 radical (unpaired) electrons. The minimum atomic E-state index is -3.79. The second kappa shape index (κ2) is 3.40. The van der Waals surface area contributed by atoms with Crippen molar-refractivity contribution in [3.05, 3.63) is 10.9 Å². The van der Waals surface area contributed by atoms with Gasteiger partial charge in [0.1, 0.15) is 0 Å². The zero-order valence-electron chi connectivity index (χ0n) is 4.11. The van der Waals surface area contributed by atoms with Crippen LogP contribution in [0, 0.1) is 0 Å². The van der Waals surface area contributed by atoms with Gasteiger partial charge in [-0.1, -0.05) is 16.0 Å². The fourth-order valence-electron chi connectivity index (χ4n) is 0.147. The fraction of sp³-hybridized carbons (Fsp3) is 0. The second-order valence-corrected chi connectivity index (χ2v) is 2.70. The molecule has 0 amide bonds. The zero-order valence-corrected chi connectivity index (χ0v) is 5.69. The largest absolute Gasteiger partial charge is 0.286 e. The van der Waals surface area contributed by atoms with Crippen molar-refractivity contribution in [1.29, 1.82) is 0 Å². The molecule has 0 aromatic carbocycles. The van der Waals surface area contributed by atoms with Gasteiger partial charge in [-0.05, 0) is 0 Å². The number of carbonyl (C=O) groups excluding carboxylic acids is 1. The first-order valence-corrected chi connectivity index (χ1v) is 3.67. The molecule has 0 aliphatic heterocycles. The Morgan fingerprint density at radius 1 is 1.56 bits per heavy atom. The third-order valence-electron chi connectivity index (χ3n) is 0.388. The van der Waals surface area contributed by atoms with Crippen LogP contribution in [-0.4, -0.2) is 14.5 Å². The highest BCUT2D eigenvalue weighted by atomic mass is 35.5. The van der Waals surface area contributed by atoms with Crippen LogP contribution in [-0.2, 0) is 14.8 Å². The standard InChI is InChI=1S/C3H2ClNO3S/c4-1-2-9(7,8)5-3-6/h1-2H/b2-1+. The smallest absolute Gasteiger partial charge is 0.210 e. The summed E-state index contributed by atoms with van der Waals surface area (Å²) in [6.45, 7) is 0. The third kappa shape index (κ3) is 3.90. The molecule has 4 nitrogen and oxygen atoms in total. The average molecular weight is 168 g/mol. The topological polar surface area (TPSA) is 63.6 Å². The van der Waals surface area contributed by atoms with Gasteiger partial charge in [-0.25, -0.2) is 4.79 Å². The Bertz CT molecular complexity index is 248. The van der Waals surface area contributed by atoms with Crippen molar-refractivity contribution >= 4 is 27.7 Å². The molecule has 0 saturated carbocycles. The molecule has 0 N–H and O–H groups in total. The van der Waals surface area contributed by atoms with Gasteiger partial charge < -0.3 is 0 Å². The molecule has 50 valence electrons. The predicted octanol–water partition coefficient (Wildman–Crippen LogP) is 0.362. The first-order chi connectivity index (χ1) is 4.12. The minimum Gasteiger partial charge on any atom is -0.210 e. The Morgan fingerprint density at radius 2 is 2.11 bits per heavy atom. The van der Waals surface area contributed by atoms with Crippen LogP contribution in [0.4, 0.5) is 0 Å². The summed E-state index contributed by atoms with van der Waals surface area (Å²) in [6, 6.07) is 0. The summed E-state index contributed by atoms with van der Waals surface area (Å²) in [5.74, 6) is 0. The highest BCUT2D eigenvalue weighted by molar-refractivity contribution is 7.93. The lowest BCUT2D eigenvalue weighted by molar-refractivity contribution is 0.564. The summed E-state index contributed by atoms with van der Waals surface area (Å²) >= 11 is 4.87. The van der Waals surface area contributed by atoms with E-state index in [0.717, 1.165) is 11.6 Å². The van der Waals surface area contributed by atoms with Gasteiger partial charge in [-0.15, -0.1) is 0 Å². The maximum atomic E-state index is 10.2. The number of isocyanates is 1. The van der Waals surface area contributed by atoms with E-state index in [1.165, 1.54) is 0 Å². The molecule has 0 aromatic rings. The van der Waals surface area contributed by atoms with E-state index >= 15 is 0 Å². The van der Waals surface area contributed by atoms with Crippen molar-refractivity contribution in [2.45, 2.75) is 0 Å². The van der Waals surface area contributed by atoms with Crippen LogP contribution in [0.25, 0.3) is 0 Å². The van der Waals surface area contributed by atoms with Crippen molar-refractivity contribution in [1.82, 2.24) is 0 Å². The summed E-state index contributed by atoms with van der Waals surface area (Å²) in [5, 5.41) is 0.583. The minimum absolute atomic E-state index is 0.583. The zero-order chi connectivity index (χ0) is 7.33. The Balaban J connectivity index is 4.62. The van der Waals surface area contributed by atoms with Gasteiger partial charge in [0.05, 0.1) is 5.41 Å². The Hall–Kier alpha value is -0.640. The number of sulfonamides is 1. The van der Waals surface area contributed by atoms with E-state index < -0.39 is 10.0 Å². The van der Waals surface area contributed by atoms with Gasteiger partial charge in [0, 0.05) is 5.54 Å². The monoisotopic (exact) mass is 167 g/mol. The molecule has 0 heterocycles. The van der Waals surface area contributed by atoms with Crippen molar-refractivity contribution in [3.63, 3.8) is 0 Å². The van der Waals surface area contributed by atoms with E-state index in [-0.39, 0.29) is 0 Å². The SMILES string of the molecule is O=C=NS(=O)(=O)/C=C/Cl. The maximum Gasteiger partial charge on any atom is 0.286 e.